The van der Waals surface area contributed by atoms with Crippen LogP contribution in [0.5, 0.6) is 0 Å². The van der Waals surface area contributed by atoms with Crippen molar-refractivity contribution >= 4 is 39.1 Å². The van der Waals surface area contributed by atoms with Crippen LogP contribution in [0.25, 0.3) is 0 Å². The summed E-state index contributed by atoms with van der Waals surface area (Å²) in [6.07, 6.45) is 0. The Balaban J connectivity index is 2.36. The molecule has 0 bridgehead atoms. The van der Waals surface area contributed by atoms with Gasteiger partial charge in [0.1, 0.15) is 5.56 Å². The summed E-state index contributed by atoms with van der Waals surface area (Å²) in [5, 5.41) is 19.5. The van der Waals surface area contributed by atoms with Crippen molar-refractivity contribution in [3.8, 4) is 0 Å². The topological polar surface area (TPSA) is 66.3 Å². The minimum absolute atomic E-state index is 0.218. The molecule has 2 aromatic rings. The van der Waals surface area contributed by atoms with Crippen LogP contribution in [0.4, 0.5) is 5.82 Å². The Labute approximate surface area is 129 Å². The lowest BCUT2D eigenvalue weighted by Crippen LogP contribution is -2.22. The molecule has 7 heteroatoms. The molecule has 5 nitrogen and oxygen atoms in total. The van der Waals surface area contributed by atoms with Crippen molar-refractivity contribution in [2.75, 3.05) is 11.9 Å². The second-order valence-electron chi connectivity index (χ2n) is 4.50. The number of aromatic nitrogens is 2. The minimum Gasteiger partial charge on any atom is -0.478 e. The number of halogens is 1. The number of rotatable bonds is 4. The Hall–Kier alpha value is -1.47. The maximum Gasteiger partial charge on any atom is 0.339 e. The lowest BCUT2D eigenvalue weighted by atomic mass is 10.1. The number of aromatic carboxylic acids is 1. The van der Waals surface area contributed by atoms with Gasteiger partial charge in [-0.25, -0.2) is 4.79 Å². The van der Waals surface area contributed by atoms with Crippen LogP contribution >= 0.6 is 27.3 Å². The standard InChI is InChI=1S/C13H14BrN3O2S/c1-7-8(2)15-16-12(11(7)13(18)19)17(3)5-10-4-9(14)6-20-10/h4,6H,5H2,1-3H3,(H,18,19). The fraction of sp³-hybridized carbons (Fsp3) is 0.308. The van der Waals surface area contributed by atoms with E-state index in [1.165, 1.54) is 0 Å². The Bertz CT molecular complexity index is 657. The van der Waals surface area contributed by atoms with Crippen molar-refractivity contribution in [2.45, 2.75) is 20.4 Å². The normalized spacial score (nSPS) is 10.6. The van der Waals surface area contributed by atoms with Crippen molar-refractivity contribution in [3.05, 3.63) is 37.6 Å². The molecule has 0 aliphatic rings. The fourth-order valence-electron chi connectivity index (χ4n) is 1.86. The first kappa shape index (κ1) is 14.9. The van der Waals surface area contributed by atoms with Gasteiger partial charge in [0.05, 0.1) is 12.2 Å². The quantitative estimate of drug-likeness (QED) is 0.911. The molecule has 1 N–H and O–H groups in total. The van der Waals surface area contributed by atoms with Gasteiger partial charge in [-0.15, -0.1) is 16.4 Å². The van der Waals surface area contributed by atoms with Crippen LogP contribution in [0, 0.1) is 13.8 Å². The van der Waals surface area contributed by atoms with Crippen molar-refractivity contribution < 1.29 is 9.90 Å². The van der Waals surface area contributed by atoms with Gasteiger partial charge in [-0.2, -0.15) is 5.10 Å². The van der Waals surface area contributed by atoms with Gasteiger partial charge in [0, 0.05) is 21.8 Å². The van der Waals surface area contributed by atoms with Gasteiger partial charge in [-0.1, -0.05) is 0 Å². The molecule has 0 amide bonds. The predicted molar refractivity (Wildman–Crippen MR) is 82.6 cm³/mol. The van der Waals surface area contributed by atoms with E-state index in [1.54, 1.807) is 30.1 Å². The van der Waals surface area contributed by atoms with Gasteiger partial charge < -0.3 is 10.0 Å². The zero-order valence-corrected chi connectivity index (χ0v) is 13.7. The Morgan fingerprint density at radius 2 is 2.15 bits per heavy atom. The summed E-state index contributed by atoms with van der Waals surface area (Å²) < 4.78 is 1.02. The number of aryl methyl sites for hydroxylation is 1. The summed E-state index contributed by atoms with van der Waals surface area (Å²) in [5.41, 5.74) is 1.51. The number of hydrogen-bond acceptors (Lipinski definition) is 5. The van der Waals surface area contributed by atoms with Crippen LogP contribution in [-0.4, -0.2) is 28.3 Å². The third-order valence-corrected chi connectivity index (χ3v) is 4.71. The van der Waals surface area contributed by atoms with E-state index < -0.39 is 5.97 Å². The molecule has 0 unspecified atom stereocenters. The highest BCUT2D eigenvalue weighted by atomic mass is 79.9. The highest BCUT2D eigenvalue weighted by molar-refractivity contribution is 9.10. The lowest BCUT2D eigenvalue weighted by molar-refractivity contribution is 0.0696. The number of anilines is 1. The Morgan fingerprint density at radius 1 is 1.45 bits per heavy atom. The average molecular weight is 356 g/mol. The molecule has 0 radical (unpaired) electrons. The molecule has 0 aliphatic heterocycles. The van der Waals surface area contributed by atoms with Crippen molar-refractivity contribution in [1.29, 1.82) is 0 Å². The summed E-state index contributed by atoms with van der Waals surface area (Å²) in [5.74, 6) is -0.583. The van der Waals surface area contributed by atoms with Crippen LogP contribution in [0.15, 0.2) is 15.9 Å². The molecule has 0 fully saturated rings. The second-order valence-corrected chi connectivity index (χ2v) is 6.41. The molecule has 2 rings (SSSR count). The molecule has 106 valence electrons. The van der Waals surface area contributed by atoms with Crippen LogP contribution in [-0.2, 0) is 6.54 Å². The SMILES string of the molecule is Cc1nnc(N(C)Cc2cc(Br)cs2)c(C(=O)O)c1C. The average Bonchev–Trinajstić information content (AvgIpc) is 2.77. The molecular weight excluding hydrogens is 342 g/mol. The van der Waals surface area contributed by atoms with E-state index in [1.807, 2.05) is 18.5 Å². The first-order chi connectivity index (χ1) is 9.40. The molecule has 0 aliphatic carbocycles. The maximum atomic E-state index is 11.5. The van der Waals surface area contributed by atoms with E-state index in [0.717, 1.165) is 9.35 Å². The van der Waals surface area contributed by atoms with Crippen LogP contribution in [0.1, 0.15) is 26.5 Å². The zero-order chi connectivity index (χ0) is 14.9. The number of carbonyl (C=O) groups is 1. The van der Waals surface area contributed by atoms with Gasteiger partial charge in [0.25, 0.3) is 0 Å². The van der Waals surface area contributed by atoms with E-state index in [-0.39, 0.29) is 5.56 Å². The van der Waals surface area contributed by atoms with E-state index >= 15 is 0 Å². The van der Waals surface area contributed by atoms with E-state index in [4.69, 9.17) is 0 Å². The predicted octanol–water partition coefficient (Wildman–Crippen LogP) is 3.25. The Morgan fingerprint density at radius 3 is 2.70 bits per heavy atom. The largest absolute Gasteiger partial charge is 0.478 e. The fourth-order valence-corrected chi connectivity index (χ4v) is 3.37. The summed E-state index contributed by atoms with van der Waals surface area (Å²) in [4.78, 5) is 14.4. The first-order valence-electron chi connectivity index (χ1n) is 5.91. The summed E-state index contributed by atoms with van der Waals surface area (Å²) in [7, 11) is 1.82. The number of hydrogen-bond donors (Lipinski definition) is 1. The van der Waals surface area contributed by atoms with Crippen LogP contribution in [0.2, 0.25) is 0 Å². The number of nitrogens with zero attached hydrogens (tertiary/aromatic N) is 3. The van der Waals surface area contributed by atoms with Gasteiger partial charge in [0.2, 0.25) is 0 Å². The number of carboxylic acid groups (broad SMARTS) is 1. The molecule has 0 saturated heterocycles. The molecule has 0 spiro atoms. The number of thiophene rings is 1. The van der Waals surface area contributed by atoms with E-state index in [0.29, 0.717) is 23.6 Å². The molecule has 20 heavy (non-hydrogen) atoms. The first-order valence-corrected chi connectivity index (χ1v) is 7.58. The molecular formula is C13H14BrN3O2S. The molecule has 0 saturated carbocycles. The van der Waals surface area contributed by atoms with Crippen molar-refractivity contribution in [3.63, 3.8) is 0 Å². The second kappa shape index (κ2) is 5.88. The molecule has 2 aromatic heterocycles. The molecule has 0 atom stereocenters. The van der Waals surface area contributed by atoms with Crippen LogP contribution < -0.4 is 4.90 Å². The Kier molecular flexibility index (Phi) is 4.39. The van der Waals surface area contributed by atoms with Gasteiger partial charge in [0.15, 0.2) is 5.82 Å². The van der Waals surface area contributed by atoms with Crippen molar-refractivity contribution in [1.82, 2.24) is 10.2 Å². The van der Waals surface area contributed by atoms with Crippen molar-refractivity contribution in [2.24, 2.45) is 0 Å². The van der Waals surface area contributed by atoms with Crippen LogP contribution in [0.3, 0.4) is 0 Å². The minimum atomic E-state index is -0.977. The highest BCUT2D eigenvalue weighted by Gasteiger charge is 2.20. The molecule has 0 aromatic carbocycles. The monoisotopic (exact) mass is 355 g/mol. The smallest absolute Gasteiger partial charge is 0.339 e. The summed E-state index contributed by atoms with van der Waals surface area (Å²) >= 11 is 5.02. The summed E-state index contributed by atoms with van der Waals surface area (Å²) in [6, 6.07) is 2.01. The third-order valence-electron chi connectivity index (χ3n) is 3.03. The van der Waals surface area contributed by atoms with Gasteiger partial charge >= 0.3 is 5.97 Å². The number of carboxylic acids is 1. The van der Waals surface area contributed by atoms with Gasteiger partial charge in [-0.05, 0) is 41.4 Å². The van der Waals surface area contributed by atoms with E-state index in [9.17, 15) is 9.90 Å². The zero-order valence-electron chi connectivity index (χ0n) is 11.3. The maximum absolute atomic E-state index is 11.5. The van der Waals surface area contributed by atoms with Gasteiger partial charge in [-0.3, -0.25) is 0 Å². The van der Waals surface area contributed by atoms with E-state index in [2.05, 4.69) is 26.1 Å². The highest BCUT2D eigenvalue weighted by Crippen LogP contribution is 2.25. The molecule has 2 heterocycles. The third kappa shape index (κ3) is 2.99. The summed E-state index contributed by atoms with van der Waals surface area (Å²) in [6.45, 7) is 4.11. The lowest BCUT2D eigenvalue weighted by Gasteiger charge is -2.20.